The highest BCUT2D eigenvalue weighted by Crippen LogP contribution is 2.30. The van der Waals surface area contributed by atoms with Gasteiger partial charge in [-0.3, -0.25) is 0 Å². The summed E-state index contributed by atoms with van der Waals surface area (Å²) in [6.07, 6.45) is 0. The summed E-state index contributed by atoms with van der Waals surface area (Å²) in [6, 6.07) is 10.5. The third-order valence-corrected chi connectivity index (χ3v) is 3.01. The molecule has 3 aromatic rings. The van der Waals surface area contributed by atoms with Crippen LogP contribution in [-0.2, 0) is 0 Å². The Balaban J connectivity index is 2.24. The molecule has 0 radical (unpaired) electrons. The fourth-order valence-electron chi connectivity index (χ4n) is 2.02. The molecule has 0 spiro atoms. The average Bonchev–Trinajstić information content (AvgIpc) is 2.53. The second-order valence-electron chi connectivity index (χ2n) is 4.49. The van der Waals surface area contributed by atoms with Gasteiger partial charge < -0.3 is 5.73 Å². The highest BCUT2D eigenvalue weighted by atomic mass is 19.2. The normalized spacial score (nSPS) is 10.7. The van der Waals surface area contributed by atoms with Gasteiger partial charge in [-0.1, -0.05) is 30.3 Å². The number of rotatable bonds is 2. The van der Waals surface area contributed by atoms with E-state index in [0.29, 0.717) is 11.3 Å². The van der Waals surface area contributed by atoms with Crippen molar-refractivity contribution in [3.05, 3.63) is 59.9 Å². The smallest absolute Gasteiger partial charge is 0.240 e. The van der Waals surface area contributed by atoms with Crippen LogP contribution in [0.15, 0.2) is 42.5 Å². The maximum absolute atomic E-state index is 13.4. The highest BCUT2D eigenvalue weighted by Gasteiger charge is 2.17. The lowest BCUT2D eigenvalue weighted by molar-refractivity contribution is 0.447. The molecule has 3 rings (SSSR count). The summed E-state index contributed by atoms with van der Waals surface area (Å²) >= 11 is 0. The number of aromatic nitrogens is 3. The molecule has 1 heterocycles. The van der Waals surface area contributed by atoms with Crippen LogP contribution in [0.5, 0.6) is 0 Å². The molecule has 0 bridgehead atoms. The summed E-state index contributed by atoms with van der Waals surface area (Å²) in [7, 11) is 0. The SMILES string of the molecule is Nc1nnc(-c2cc(F)c(F)c(F)c2)c(-c2ccccc2)n1. The quantitative estimate of drug-likeness (QED) is 0.738. The minimum atomic E-state index is -1.54. The van der Waals surface area contributed by atoms with E-state index in [1.807, 2.05) is 0 Å². The van der Waals surface area contributed by atoms with E-state index < -0.39 is 17.5 Å². The maximum atomic E-state index is 13.4. The van der Waals surface area contributed by atoms with Crippen LogP contribution in [-0.4, -0.2) is 15.2 Å². The van der Waals surface area contributed by atoms with Crippen LogP contribution in [0.1, 0.15) is 0 Å². The van der Waals surface area contributed by atoms with Gasteiger partial charge in [-0.15, -0.1) is 10.2 Å². The zero-order chi connectivity index (χ0) is 15.7. The van der Waals surface area contributed by atoms with E-state index in [9.17, 15) is 13.2 Å². The number of benzene rings is 2. The van der Waals surface area contributed by atoms with Crippen molar-refractivity contribution >= 4 is 5.95 Å². The molecule has 7 heteroatoms. The molecule has 0 saturated heterocycles. The Bertz CT molecular complexity index is 814. The van der Waals surface area contributed by atoms with E-state index in [-0.39, 0.29) is 17.2 Å². The van der Waals surface area contributed by atoms with Gasteiger partial charge in [0.25, 0.3) is 0 Å². The lowest BCUT2D eigenvalue weighted by atomic mass is 10.0. The van der Waals surface area contributed by atoms with Gasteiger partial charge in [0.2, 0.25) is 5.95 Å². The van der Waals surface area contributed by atoms with Gasteiger partial charge >= 0.3 is 0 Å². The predicted molar refractivity (Wildman–Crippen MR) is 75.0 cm³/mol. The maximum Gasteiger partial charge on any atom is 0.240 e. The van der Waals surface area contributed by atoms with E-state index in [0.717, 1.165) is 12.1 Å². The van der Waals surface area contributed by atoms with Crippen LogP contribution in [0, 0.1) is 17.5 Å². The number of nitrogen functional groups attached to an aromatic ring is 1. The fourth-order valence-corrected chi connectivity index (χ4v) is 2.02. The average molecular weight is 302 g/mol. The monoisotopic (exact) mass is 302 g/mol. The van der Waals surface area contributed by atoms with Gasteiger partial charge in [0.1, 0.15) is 11.4 Å². The number of hydrogen-bond acceptors (Lipinski definition) is 4. The topological polar surface area (TPSA) is 64.7 Å². The molecule has 2 N–H and O–H groups in total. The molecule has 0 atom stereocenters. The molecule has 22 heavy (non-hydrogen) atoms. The summed E-state index contributed by atoms with van der Waals surface area (Å²) in [5, 5.41) is 7.44. The molecule has 0 aliphatic carbocycles. The highest BCUT2D eigenvalue weighted by molar-refractivity contribution is 5.77. The number of hydrogen-bond donors (Lipinski definition) is 1. The van der Waals surface area contributed by atoms with Crippen molar-refractivity contribution in [2.45, 2.75) is 0 Å². The van der Waals surface area contributed by atoms with Crippen LogP contribution in [0.25, 0.3) is 22.5 Å². The van der Waals surface area contributed by atoms with Crippen molar-refractivity contribution in [1.82, 2.24) is 15.2 Å². The van der Waals surface area contributed by atoms with E-state index in [4.69, 9.17) is 5.73 Å². The van der Waals surface area contributed by atoms with Crippen molar-refractivity contribution < 1.29 is 13.2 Å². The van der Waals surface area contributed by atoms with E-state index in [1.54, 1.807) is 30.3 Å². The molecule has 0 unspecified atom stereocenters. The van der Waals surface area contributed by atoms with Gasteiger partial charge in [0.15, 0.2) is 17.5 Å². The molecule has 0 aliphatic rings. The Morgan fingerprint density at radius 1 is 0.773 bits per heavy atom. The Morgan fingerprint density at radius 2 is 1.41 bits per heavy atom. The first-order chi connectivity index (χ1) is 10.6. The lowest BCUT2D eigenvalue weighted by Gasteiger charge is -2.08. The van der Waals surface area contributed by atoms with Crippen LogP contribution in [0.2, 0.25) is 0 Å². The molecule has 0 aliphatic heterocycles. The molecule has 2 aromatic carbocycles. The first kappa shape index (κ1) is 14.0. The Kier molecular flexibility index (Phi) is 3.46. The van der Waals surface area contributed by atoms with E-state index >= 15 is 0 Å². The van der Waals surface area contributed by atoms with Gasteiger partial charge in [0.05, 0.1) is 0 Å². The zero-order valence-electron chi connectivity index (χ0n) is 11.1. The molecule has 4 nitrogen and oxygen atoms in total. The summed E-state index contributed by atoms with van der Waals surface area (Å²) in [5.74, 6) is -4.24. The third-order valence-electron chi connectivity index (χ3n) is 3.01. The van der Waals surface area contributed by atoms with Crippen LogP contribution < -0.4 is 5.73 Å². The Labute approximate surface area is 123 Å². The number of nitrogens with zero attached hydrogens (tertiary/aromatic N) is 3. The number of nitrogens with two attached hydrogens (primary N) is 1. The van der Waals surface area contributed by atoms with Crippen LogP contribution >= 0.6 is 0 Å². The Hall–Kier alpha value is -2.96. The molecular weight excluding hydrogens is 293 g/mol. The number of halogens is 3. The summed E-state index contributed by atoms with van der Waals surface area (Å²) < 4.78 is 40.0. The lowest BCUT2D eigenvalue weighted by Crippen LogP contribution is -2.03. The first-order valence-corrected chi connectivity index (χ1v) is 6.27. The predicted octanol–water partition coefficient (Wildman–Crippen LogP) is 3.21. The van der Waals surface area contributed by atoms with Crippen molar-refractivity contribution in [3.63, 3.8) is 0 Å². The summed E-state index contributed by atoms with van der Waals surface area (Å²) in [5.41, 5.74) is 6.61. The number of anilines is 1. The third kappa shape index (κ3) is 2.48. The van der Waals surface area contributed by atoms with Crippen molar-refractivity contribution in [2.75, 3.05) is 5.73 Å². The molecule has 0 amide bonds. The van der Waals surface area contributed by atoms with Crippen molar-refractivity contribution in [2.24, 2.45) is 0 Å². The van der Waals surface area contributed by atoms with Gasteiger partial charge in [-0.2, -0.15) is 0 Å². The largest absolute Gasteiger partial charge is 0.366 e. The van der Waals surface area contributed by atoms with E-state index in [1.165, 1.54) is 0 Å². The van der Waals surface area contributed by atoms with Crippen molar-refractivity contribution in [1.29, 1.82) is 0 Å². The zero-order valence-corrected chi connectivity index (χ0v) is 11.1. The van der Waals surface area contributed by atoms with Gasteiger partial charge in [-0.05, 0) is 12.1 Å². The minimum Gasteiger partial charge on any atom is -0.366 e. The standard InChI is InChI=1S/C15H9F3N4/c16-10-6-9(7-11(17)12(10)18)14-13(20-15(19)22-21-14)8-4-2-1-3-5-8/h1-7H,(H2,19,20,22). The minimum absolute atomic E-state index is 0.0234. The fraction of sp³-hybridized carbons (Fsp3) is 0. The van der Waals surface area contributed by atoms with Crippen LogP contribution in [0.3, 0.4) is 0 Å². The van der Waals surface area contributed by atoms with Gasteiger partial charge in [0, 0.05) is 11.1 Å². The second kappa shape index (κ2) is 5.44. The summed E-state index contributed by atoms with van der Waals surface area (Å²) in [6.45, 7) is 0. The second-order valence-corrected chi connectivity index (χ2v) is 4.49. The van der Waals surface area contributed by atoms with E-state index in [2.05, 4.69) is 15.2 Å². The first-order valence-electron chi connectivity index (χ1n) is 6.27. The molecule has 1 aromatic heterocycles. The van der Waals surface area contributed by atoms with Crippen LogP contribution in [0.4, 0.5) is 19.1 Å². The Morgan fingerprint density at radius 3 is 2.05 bits per heavy atom. The summed E-state index contributed by atoms with van der Waals surface area (Å²) in [4.78, 5) is 4.07. The molecular formula is C15H9F3N4. The molecule has 0 saturated carbocycles. The molecule has 110 valence electrons. The van der Waals surface area contributed by atoms with Crippen molar-refractivity contribution in [3.8, 4) is 22.5 Å². The van der Waals surface area contributed by atoms with Gasteiger partial charge in [-0.25, -0.2) is 18.2 Å². The molecule has 0 fully saturated rings.